The van der Waals surface area contributed by atoms with E-state index in [4.69, 9.17) is 5.73 Å². The molecule has 2 rings (SSSR count). The van der Waals surface area contributed by atoms with Gasteiger partial charge in [0.05, 0.1) is 5.52 Å². The van der Waals surface area contributed by atoms with Gasteiger partial charge in [0, 0.05) is 37.3 Å². The van der Waals surface area contributed by atoms with Crippen LogP contribution in [0.15, 0.2) is 35.4 Å². The Kier molecular flexibility index (Phi) is 4.39. The van der Waals surface area contributed by atoms with Gasteiger partial charge in [-0.05, 0) is 24.3 Å². The molecular weight excluding hydrogens is 292 g/mol. The maximum atomic E-state index is 12.3. The number of aromatic nitrogens is 1. The highest BCUT2D eigenvalue weighted by atomic mass is 32.2. The van der Waals surface area contributed by atoms with Gasteiger partial charge >= 0.3 is 0 Å². The molecule has 0 saturated carbocycles. The van der Waals surface area contributed by atoms with Crippen molar-refractivity contribution in [1.29, 1.82) is 0 Å². The number of nitrogens with one attached hydrogen (secondary N) is 2. The highest BCUT2D eigenvalue weighted by molar-refractivity contribution is 7.89. The van der Waals surface area contributed by atoms with E-state index in [1.165, 1.54) is 25.3 Å². The zero-order chi connectivity index (χ0) is 15.5. The standard InChI is InChI=1S/C13H16N4O3S/c1-9(18)15-7-8-17-21(19,20)12-5-4-11(14)10-3-2-6-16-13(10)12/h2-6,17H,7-8,14H2,1H3,(H,15,18). The molecule has 0 aliphatic carbocycles. The van der Waals surface area contributed by atoms with Crippen LogP contribution in [-0.2, 0) is 14.8 Å². The maximum Gasteiger partial charge on any atom is 0.242 e. The molecule has 1 aromatic heterocycles. The Balaban J connectivity index is 2.28. The second-order valence-corrected chi connectivity index (χ2v) is 6.17. The van der Waals surface area contributed by atoms with Gasteiger partial charge in [0.2, 0.25) is 15.9 Å². The van der Waals surface area contributed by atoms with Crippen molar-refractivity contribution in [3.8, 4) is 0 Å². The number of carbonyl (C=O) groups is 1. The quantitative estimate of drug-likeness (QED) is 0.540. The number of amides is 1. The van der Waals surface area contributed by atoms with E-state index < -0.39 is 10.0 Å². The van der Waals surface area contributed by atoms with Crippen LogP contribution in [0.5, 0.6) is 0 Å². The number of nitrogens with two attached hydrogens (primary N) is 1. The number of anilines is 1. The summed E-state index contributed by atoms with van der Waals surface area (Å²) in [5.74, 6) is -0.214. The summed E-state index contributed by atoms with van der Waals surface area (Å²) in [5.41, 5.74) is 6.61. The number of hydrogen-bond acceptors (Lipinski definition) is 5. The molecule has 0 fully saturated rings. The molecule has 1 aromatic carbocycles. The summed E-state index contributed by atoms with van der Waals surface area (Å²) in [6, 6.07) is 6.37. The highest BCUT2D eigenvalue weighted by Gasteiger charge is 2.18. The molecule has 8 heteroatoms. The molecule has 4 N–H and O–H groups in total. The summed E-state index contributed by atoms with van der Waals surface area (Å²) in [6.07, 6.45) is 1.51. The molecule has 21 heavy (non-hydrogen) atoms. The van der Waals surface area contributed by atoms with Gasteiger partial charge in [0.15, 0.2) is 0 Å². The first-order valence-corrected chi connectivity index (χ1v) is 7.77. The molecule has 2 aromatic rings. The number of nitrogen functional groups attached to an aromatic ring is 1. The fourth-order valence-electron chi connectivity index (χ4n) is 1.89. The van der Waals surface area contributed by atoms with Gasteiger partial charge in [-0.3, -0.25) is 9.78 Å². The van der Waals surface area contributed by atoms with E-state index in [9.17, 15) is 13.2 Å². The molecule has 112 valence electrons. The van der Waals surface area contributed by atoms with Crippen LogP contribution in [-0.4, -0.2) is 32.4 Å². The minimum absolute atomic E-state index is 0.0649. The molecule has 0 aliphatic rings. The predicted molar refractivity (Wildman–Crippen MR) is 80.0 cm³/mol. The molecule has 0 unspecified atom stereocenters. The fourth-order valence-corrected chi connectivity index (χ4v) is 3.08. The summed E-state index contributed by atoms with van der Waals surface area (Å²) in [6.45, 7) is 1.68. The number of nitrogens with zero attached hydrogens (tertiary/aromatic N) is 1. The zero-order valence-corrected chi connectivity index (χ0v) is 12.3. The number of fused-ring (bicyclic) bond motifs is 1. The Bertz CT molecular complexity index is 774. The zero-order valence-electron chi connectivity index (χ0n) is 11.5. The first-order valence-electron chi connectivity index (χ1n) is 6.29. The number of hydrogen-bond donors (Lipinski definition) is 3. The van der Waals surface area contributed by atoms with E-state index in [1.54, 1.807) is 12.1 Å². The largest absolute Gasteiger partial charge is 0.398 e. The number of carbonyl (C=O) groups excluding carboxylic acids is 1. The molecule has 7 nitrogen and oxygen atoms in total. The lowest BCUT2D eigenvalue weighted by Crippen LogP contribution is -2.33. The average Bonchev–Trinajstić information content (AvgIpc) is 2.44. The third-order valence-electron chi connectivity index (χ3n) is 2.85. The van der Waals surface area contributed by atoms with E-state index in [0.717, 1.165) is 0 Å². The highest BCUT2D eigenvalue weighted by Crippen LogP contribution is 2.25. The molecule has 0 bridgehead atoms. The summed E-state index contributed by atoms with van der Waals surface area (Å²) in [4.78, 5) is 14.9. The third-order valence-corrected chi connectivity index (χ3v) is 4.34. The van der Waals surface area contributed by atoms with Crippen LogP contribution < -0.4 is 15.8 Å². The van der Waals surface area contributed by atoms with Crippen molar-refractivity contribution in [2.75, 3.05) is 18.8 Å². The number of rotatable bonds is 5. The average molecular weight is 308 g/mol. The smallest absolute Gasteiger partial charge is 0.242 e. The van der Waals surface area contributed by atoms with Crippen molar-refractivity contribution < 1.29 is 13.2 Å². The Morgan fingerprint density at radius 3 is 2.76 bits per heavy atom. The lowest BCUT2D eigenvalue weighted by molar-refractivity contribution is -0.118. The Hall–Kier alpha value is -2.19. The van der Waals surface area contributed by atoms with Gasteiger partial charge in [0.25, 0.3) is 0 Å². The van der Waals surface area contributed by atoms with Crippen LogP contribution in [0.2, 0.25) is 0 Å². The van der Waals surface area contributed by atoms with Crippen molar-refractivity contribution in [3.63, 3.8) is 0 Å². The third kappa shape index (κ3) is 3.47. The lowest BCUT2D eigenvalue weighted by Gasteiger charge is -2.10. The second-order valence-electron chi connectivity index (χ2n) is 4.43. The molecule has 0 aliphatic heterocycles. The Labute approximate surface area is 122 Å². The fraction of sp³-hybridized carbons (Fsp3) is 0.231. The van der Waals surface area contributed by atoms with Crippen molar-refractivity contribution in [3.05, 3.63) is 30.5 Å². The number of pyridine rings is 1. The second kappa shape index (κ2) is 6.06. The van der Waals surface area contributed by atoms with Crippen LogP contribution in [0.25, 0.3) is 10.9 Å². The number of sulfonamides is 1. The van der Waals surface area contributed by atoms with Gasteiger partial charge in [-0.2, -0.15) is 0 Å². The van der Waals surface area contributed by atoms with Gasteiger partial charge in [0.1, 0.15) is 4.90 Å². The predicted octanol–water partition coefficient (Wildman–Crippen LogP) is 0.231. The molecule has 0 atom stereocenters. The monoisotopic (exact) mass is 308 g/mol. The summed E-state index contributed by atoms with van der Waals surface area (Å²) in [5, 5.41) is 3.10. The van der Waals surface area contributed by atoms with Crippen LogP contribution in [0.4, 0.5) is 5.69 Å². The molecule has 1 amide bonds. The van der Waals surface area contributed by atoms with Gasteiger partial charge in [-0.25, -0.2) is 13.1 Å². The van der Waals surface area contributed by atoms with E-state index >= 15 is 0 Å². The molecule has 0 spiro atoms. The first-order chi connectivity index (χ1) is 9.92. The van der Waals surface area contributed by atoms with Crippen LogP contribution in [0, 0.1) is 0 Å². The minimum Gasteiger partial charge on any atom is -0.398 e. The molecule has 1 heterocycles. The summed E-state index contributed by atoms with van der Waals surface area (Å²) in [7, 11) is -3.72. The van der Waals surface area contributed by atoms with Crippen molar-refractivity contribution in [2.45, 2.75) is 11.8 Å². The van der Waals surface area contributed by atoms with E-state index in [0.29, 0.717) is 16.6 Å². The van der Waals surface area contributed by atoms with E-state index in [-0.39, 0.29) is 23.9 Å². The van der Waals surface area contributed by atoms with Gasteiger partial charge < -0.3 is 11.1 Å². The van der Waals surface area contributed by atoms with Crippen molar-refractivity contribution in [2.24, 2.45) is 0 Å². The SMILES string of the molecule is CC(=O)NCCNS(=O)(=O)c1ccc(N)c2cccnc12. The normalized spacial score (nSPS) is 11.5. The van der Waals surface area contributed by atoms with Gasteiger partial charge in [-0.1, -0.05) is 0 Å². The van der Waals surface area contributed by atoms with Crippen molar-refractivity contribution >= 4 is 32.5 Å². The summed E-state index contributed by atoms with van der Waals surface area (Å²) >= 11 is 0. The molecule has 0 saturated heterocycles. The maximum absolute atomic E-state index is 12.3. The first kappa shape index (κ1) is 15.2. The lowest BCUT2D eigenvalue weighted by atomic mass is 10.2. The Morgan fingerprint density at radius 1 is 1.29 bits per heavy atom. The topological polar surface area (TPSA) is 114 Å². The molecular formula is C13H16N4O3S. The van der Waals surface area contributed by atoms with Crippen LogP contribution in [0.3, 0.4) is 0 Å². The summed E-state index contributed by atoms with van der Waals surface area (Å²) < 4.78 is 27.0. The van der Waals surface area contributed by atoms with Crippen LogP contribution >= 0.6 is 0 Å². The van der Waals surface area contributed by atoms with E-state index in [1.807, 2.05) is 0 Å². The van der Waals surface area contributed by atoms with Crippen LogP contribution in [0.1, 0.15) is 6.92 Å². The van der Waals surface area contributed by atoms with Crippen molar-refractivity contribution in [1.82, 2.24) is 15.0 Å². The van der Waals surface area contributed by atoms with Gasteiger partial charge in [-0.15, -0.1) is 0 Å². The number of benzene rings is 1. The molecule has 0 radical (unpaired) electrons. The minimum atomic E-state index is -3.72. The Morgan fingerprint density at radius 2 is 2.05 bits per heavy atom. The van der Waals surface area contributed by atoms with E-state index in [2.05, 4.69) is 15.0 Å².